The summed E-state index contributed by atoms with van der Waals surface area (Å²) in [4.78, 5) is 12.0. The van der Waals surface area contributed by atoms with Crippen LogP contribution in [0.1, 0.15) is 44.1 Å². The Labute approximate surface area is 125 Å². The summed E-state index contributed by atoms with van der Waals surface area (Å²) >= 11 is 0. The second kappa shape index (κ2) is 5.92. The first-order chi connectivity index (χ1) is 10.2. The molecular weight excluding hydrogens is 264 g/mol. The molecule has 1 aromatic rings. The van der Waals surface area contributed by atoms with Gasteiger partial charge in [0.05, 0.1) is 13.0 Å². The lowest BCUT2D eigenvalue weighted by molar-refractivity contribution is -0.159. The molecule has 2 aliphatic rings. The molecule has 3 nitrogen and oxygen atoms in total. The van der Waals surface area contributed by atoms with Crippen molar-refractivity contribution in [3.05, 3.63) is 36.4 Å². The topological polar surface area (TPSA) is 35.5 Å². The van der Waals surface area contributed by atoms with E-state index in [0.29, 0.717) is 13.0 Å². The summed E-state index contributed by atoms with van der Waals surface area (Å²) < 4.78 is 11.3. The van der Waals surface area contributed by atoms with Crippen LogP contribution in [0.25, 0.3) is 6.08 Å². The molecule has 0 spiro atoms. The van der Waals surface area contributed by atoms with Gasteiger partial charge in [-0.3, -0.25) is 4.79 Å². The number of fused-ring (bicyclic) bond motifs is 2. The standard InChI is InChI=1S/C18H22O3/c1-2-14-3-5-16(6-4-14)20-12-9-17(19)21-18-10-7-15(13-18)8-11-18/h2-6,15H,1,7-13H2. The highest BCUT2D eigenvalue weighted by Crippen LogP contribution is 2.50. The van der Waals surface area contributed by atoms with Crippen molar-refractivity contribution < 1.29 is 14.3 Å². The zero-order chi connectivity index (χ0) is 14.7. The van der Waals surface area contributed by atoms with E-state index in [1.165, 1.54) is 12.8 Å². The number of hydrogen-bond donors (Lipinski definition) is 0. The van der Waals surface area contributed by atoms with Crippen LogP contribution in [0.3, 0.4) is 0 Å². The Morgan fingerprint density at radius 1 is 1.29 bits per heavy atom. The summed E-state index contributed by atoms with van der Waals surface area (Å²) in [7, 11) is 0. The van der Waals surface area contributed by atoms with Crippen molar-refractivity contribution >= 4 is 12.0 Å². The molecule has 112 valence electrons. The molecule has 3 rings (SSSR count). The summed E-state index contributed by atoms with van der Waals surface area (Å²) in [5.74, 6) is 1.44. The van der Waals surface area contributed by atoms with Gasteiger partial charge in [0.1, 0.15) is 11.4 Å². The van der Waals surface area contributed by atoms with Crippen LogP contribution in [0.5, 0.6) is 5.75 Å². The van der Waals surface area contributed by atoms with Gasteiger partial charge in [-0.05, 0) is 55.7 Å². The SMILES string of the molecule is C=Cc1ccc(OCCC(=O)OC23CCC(CC2)C3)cc1. The number of esters is 1. The van der Waals surface area contributed by atoms with Gasteiger partial charge in [-0.1, -0.05) is 24.8 Å². The Morgan fingerprint density at radius 2 is 2.00 bits per heavy atom. The first kappa shape index (κ1) is 14.2. The van der Waals surface area contributed by atoms with Crippen molar-refractivity contribution in [3.8, 4) is 5.75 Å². The summed E-state index contributed by atoms with van der Waals surface area (Å²) in [5.41, 5.74) is 0.922. The number of carbonyl (C=O) groups excluding carboxylic acids is 1. The predicted molar refractivity (Wildman–Crippen MR) is 82.0 cm³/mol. The molecule has 2 fully saturated rings. The Kier molecular flexibility index (Phi) is 4.00. The number of ether oxygens (including phenoxy) is 2. The number of hydrogen-bond acceptors (Lipinski definition) is 3. The average molecular weight is 286 g/mol. The van der Waals surface area contributed by atoms with Crippen LogP contribution >= 0.6 is 0 Å². The average Bonchev–Trinajstić information content (AvgIpc) is 3.08. The minimum Gasteiger partial charge on any atom is -0.493 e. The molecule has 0 saturated heterocycles. The van der Waals surface area contributed by atoms with Gasteiger partial charge < -0.3 is 9.47 Å². The molecule has 21 heavy (non-hydrogen) atoms. The quantitative estimate of drug-likeness (QED) is 0.742. The van der Waals surface area contributed by atoms with E-state index >= 15 is 0 Å². The highest BCUT2D eigenvalue weighted by molar-refractivity contribution is 5.70. The third kappa shape index (κ3) is 3.29. The van der Waals surface area contributed by atoms with Crippen LogP contribution in [0.4, 0.5) is 0 Å². The maximum Gasteiger partial charge on any atom is 0.309 e. The van der Waals surface area contributed by atoms with Crippen molar-refractivity contribution in [2.45, 2.75) is 44.1 Å². The first-order valence-corrected chi connectivity index (χ1v) is 7.76. The molecule has 3 heteroatoms. The van der Waals surface area contributed by atoms with Crippen molar-refractivity contribution in [1.82, 2.24) is 0 Å². The fourth-order valence-electron chi connectivity index (χ4n) is 3.53. The summed E-state index contributed by atoms with van der Waals surface area (Å²) in [5, 5.41) is 0. The molecule has 0 radical (unpaired) electrons. The van der Waals surface area contributed by atoms with Gasteiger partial charge >= 0.3 is 5.97 Å². The van der Waals surface area contributed by atoms with Crippen LogP contribution < -0.4 is 4.74 Å². The molecule has 0 atom stereocenters. The lowest BCUT2D eigenvalue weighted by atomic mass is 9.97. The molecule has 2 saturated carbocycles. The number of benzene rings is 1. The van der Waals surface area contributed by atoms with Crippen molar-refractivity contribution in [2.24, 2.45) is 5.92 Å². The van der Waals surface area contributed by atoms with Gasteiger partial charge in [0.15, 0.2) is 0 Å². The normalized spacial score (nSPS) is 26.6. The van der Waals surface area contributed by atoms with E-state index in [9.17, 15) is 4.79 Å². The Bertz CT molecular complexity index is 510. The third-order valence-electron chi connectivity index (χ3n) is 4.70. The third-order valence-corrected chi connectivity index (χ3v) is 4.70. The van der Waals surface area contributed by atoms with Gasteiger partial charge in [0.2, 0.25) is 0 Å². The van der Waals surface area contributed by atoms with Crippen molar-refractivity contribution in [3.63, 3.8) is 0 Å². The fraction of sp³-hybridized carbons (Fsp3) is 0.500. The van der Waals surface area contributed by atoms with E-state index in [1.54, 1.807) is 6.08 Å². The molecule has 2 bridgehead atoms. The van der Waals surface area contributed by atoms with Crippen LogP contribution in [-0.2, 0) is 9.53 Å². The maximum atomic E-state index is 12.0. The molecular formula is C18H22O3. The van der Waals surface area contributed by atoms with Gasteiger partial charge in [-0.25, -0.2) is 0 Å². The van der Waals surface area contributed by atoms with E-state index in [4.69, 9.17) is 9.47 Å². The Morgan fingerprint density at radius 3 is 2.57 bits per heavy atom. The molecule has 2 aliphatic carbocycles. The van der Waals surface area contributed by atoms with E-state index < -0.39 is 0 Å². The van der Waals surface area contributed by atoms with Gasteiger partial charge in [-0.15, -0.1) is 0 Å². The molecule has 0 unspecified atom stereocenters. The minimum absolute atomic E-state index is 0.125. The minimum atomic E-state index is -0.132. The summed E-state index contributed by atoms with van der Waals surface area (Å²) in [6.07, 6.45) is 7.72. The van der Waals surface area contributed by atoms with Crippen molar-refractivity contribution in [1.29, 1.82) is 0 Å². The molecule has 0 heterocycles. The Hall–Kier alpha value is -1.77. The van der Waals surface area contributed by atoms with Crippen molar-refractivity contribution in [2.75, 3.05) is 6.61 Å². The number of carbonyl (C=O) groups is 1. The zero-order valence-electron chi connectivity index (χ0n) is 12.3. The van der Waals surface area contributed by atoms with Gasteiger partial charge in [0.25, 0.3) is 0 Å². The Balaban J connectivity index is 1.42. The molecule has 1 aromatic carbocycles. The molecule has 0 aromatic heterocycles. The molecule has 0 amide bonds. The largest absolute Gasteiger partial charge is 0.493 e. The smallest absolute Gasteiger partial charge is 0.309 e. The zero-order valence-corrected chi connectivity index (χ0v) is 12.3. The highest BCUT2D eigenvalue weighted by atomic mass is 16.6. The highest BCUT2D eigenvalue weighted by Gasteiger charge is 2.47. The monoisotopic (exact) mass is 286 g/mol. The van der Waals surface area contributed by atoms with Crippen LogP contribution in [0, 0.1) is 5.92 Å². The van der Waals surface area contributed by atoms with Crippen LogP contribution in [0.2, 0.25) is 0 Å². The summed E-state index contributed by atoms with van der Waals surface area (Å²) in [6, 6.07) is 7.66. The molecule has 0 aliphatic heterocycles. The van der Waals surface area contributed by atoms with Gasteiger partial charge in [0, 0.05) is 0 Å². The van der Waals surface area contributed by atoms with Gasteiger partial charge in [-0.2, -0.15) is 0 Å². The van der Waals surface area contributed by atoms with E-state index in [0.717, 1.165) is 36.5 Å². The second-order valence-corrected chi connectivity index (χ2v) is 6.18. The lowest BCUT2D eigenvalue weighted by Crippen LogP contribution is -2.30. The first-order valence-electron chi connectivity index (χ1n) is 7.76. The fourth-order valence-corrected chi connectivity index (χ4v) is 3.53. The number of rotatable bonds is 6. The van der Waals surface area contributed by atoms with Crippen LogP contribution in [0.15, 0.2) is 30.8 Å². The van der Waals surface area contributed by atoms with E-state index in [1.807, 2.05) is 24.3 Å². The second-order valence-electron chi connectivity index (χ2n) is 6.18. The van der Waals surface area contributed by atoms with E-state index in [2.05, 4.69) is 6.58 Å². The lowest BCUT2D eigenvalue weighted by Gasteiger charge is -2.26. The molecule has 0 N–H and O–H groups in total. The maximum absolute atomic E-state index is 12.0. The van der Waals surface area contributed by atoms with Crippen LogP contribution in [-0.4, -0.2) is 18.2 Å². The summed E-state index contributed by atoms with van der Waals surface area (Å²) in [6.45, 7) is 4.08. The predicted octanol–water partition coefficient (Wildman–Crippen LogP) is 3.97. The van der Waals surface area contributed by atoms with E-state index in [-0.39, 0.29) is 11.6 Å².